The number of rotatable bonds is 4. The fourth-order valence-electron chi connectivity index (χ4n) is 6.88. The molecule has 2 aromatic heterocycles. The van der Waals surface area contributed by atoms with Crippen LogP contribution in [0.3, 0.4) is 0 Å². The third-order valence-electron chi connectivity index (χ3n) is 9.20. The van der Waals surface area contributed by atoms with Crippen molar-refractivity contribution in [3.63, 3.8) is 0 Å². The third kappa shape index (κ3) is 4.57. The molecule has 2 heterocycles. The monoisotopic (exact) mass is 630 g/mol. The van der Waals surface area contributed by atoms with E-state index in [4.69, 9.17) is 16.3 Å². The average Bonchev–Trinajstić information content (AvgIpc) is 3.59. The Hall–Kier alpha value is -6.65. The lowest BCUT2D eigenvalue weighted by Gasteiger charge is -2.12. The summed E-state index contributed by atoms with van der Waals surface area (Å²) < 4.78 is 48.2. The molecule has 49 heavy (non-hydrogen) atoms. The molecular formula is C45H27N3O. The summed E-state index contributed by atoms with van der Waals surface area (Å²) in [5.74, 6) is 0.582. The largest absolute Gasteiger partial charge is 0.456 e. The molecule has 0 N–H and O–H groups in total. The van der Waals surface area contributed by atoms with Crippen molar-refractivity contribution in [2.75, 3.05) is 0 Å². The van der Waals surface area contributed by atoms with Crippen LogP contribution in [0.2, 0.25) is 0 Å². The van der Waals surface area contributed by atoms with Gasteiger partial charge in [0.25, 0.3) is 0 Å². The fraction of sp³-hybridized carbons (Fsp3) is 0. The van der Waals surface area contributed by atoms with Crippen LogP contribution in [-0.4, -0.2) is 15.0 Å². The molecule has 0 fully saturated rings. The maximum Gasteiger partial charge on any atom is 0.164 e. The normalized spacial score (nSPS) is 13.1. The van der Waals surface area contributed by atoms with Gasteiger partial charge >= 0.3 is 0 Å². The van der Waals surface area contributed by atoms with Crippen molar-refractivity contribution in [3.8, 4) is 45.3 Å². The van der Waals surface area contributed by atoms with Crippen molar-refractivity contribution in [1.82, 2.24) is 15.0 Å². The van der Waals surface area contributed by atoms with Crippen molar-refractivity contribution in [1.29, 1.82) is 0 Å². The minimum Gasteiger partial charge on any atom is -0.456 e. The molecule has 0 saturated carbocycles. The lowest BCUT2D eigenvalue weighted by atomic mass is 9.92. The maximum atomic E-state index is 8.59. The molecule has 8 aromatic carbocycles. The van der Waals surface area contributed by atoms with Gasteiger partial charge in [-0.05, 0) is 73.8 Å². The van der Waals surface area contributed by atoms with Crippen LogP contribution in [0.25, 0.3) is 99.5 Å². The highest BCUT2D eigenvalue weighted by atomic mass is 16.3. The number of furan rings is 1. The molecule has 4 heteroatoms. The standard InChI is InChI=1S/C45H27N3O/c1-3-11-28(12-4-1)43-46-44(29-13-5-2-6-14-29)48-45(47-43)32-21-24-39-38-23-20-31(26-41(38)49-42(39)27-32)30-19-22-37-35-17-8-7-15-33(35)34-16-9-10-18-36(34)40(37)25-30/h1-27H/i1D,3D,4D,11D,12D. The summed E-state index contributed by atoms with van der Waals surface area (Å²) in [4.78, 5) is 14.1. The first-order chi connectivity index (χ1) is 26.3. The van der Waals surface area contributed by atoms with Crippen LogP contribution in [0.15, 0.2) is 168 Å². The minimum absolute atomic E-state index is 0.0126. The van der Waals surface area contributed by atoms with Crippen LogP contribution >= 0.6 is 0 Å². The van der Waals surface area contributed by atoms with Crippen molar-refractivity contribution in [2.24, 2.45) is 0 Å². The summed E-state index contributed by atoms with van der Waals surface area (Å²) in [6.45, 7) is 0. The molecule has 0 aliphatic rings. The van der Waals surface area contributed by atoms with Crippen molar-refractivity contribution in [3.05, 3.63) is 164 Å². The van der Waals surface area contributed by atoms with E-state index in [1.165, 1.54) is 32.3 Å². The van der Waals surface area contributed by atoms with E-state index in [1.807, 2.05) is 48.5 Å². The first-order valence-electron chi connectivity index (χ1n) is 18.5. The van der Waals surface area contributed by atoms with Gasteiger partial charge in [0.05, 0.1) is 6.85 Å². The lowest BCUT2D eigenvalue weighted by Crippen LogP contribution is -2.00. The summed E-state index contributed by atoms with van der Waals surface area (Å²) in [6, 6.07) is 43.0. The van der Waals surface area contributed by atoms with Gasteiger partial charge in [0.2, 0.25) is 0 Å². The van der Waals surface area contributed by atoms with Crippen LogP contribution in [0.1, 0.15) is 6.85 Å². The summed E-state index contributed by atoms with van der Waals surface area (Å²) >= 11 is 0. The van der Waals surface area contributed by atoms with Crippen LogP contribution in [-0.2, 0) is 0 Å². The van der Waals surface area contributed by atoms with Crippen molar-refractivity contribution >= 4 is 54.3 Å². The quantitative estimate of drug-likeness (QED) is 0.182. The molecule has 10 aromatic rings. The Balaban J connectivity index is 1.10. The molecule has 0 bridgehead atoms. The van der Waals surface area contributed by atoms with Gasteiger partial charge < -0.3 is 4.42 Å². The molecule has 0 spiro atoms. The molecule has 0 unspecified atom stereocenters. The second kappa shape index (κ2) is 11.0. The predicted octanol–water partition coefficient (Wildman–Crippen LogP) is 11.9. The van der Waals surface area contributed by atoms with E-state index in [-0.39, 0.29) is 29.3 Å². The molecule has 0 amide bonds. The number of benzene rings is 8. The Morgan fingerprint density at radius 3 is 1.43 bits per heavy atom. The minimum atomic E-state index is -0.479. The zero-order valence-electron chi connectivity index (χ0n) is 31.0. The maximum absolute atomic E-state index is 8.59. The van der Waals surface area contributed by atoms with Crippen molar-refractivity contribution in [2.45, 2.75) is 0 Å². The Labute approximate surface area is 289 Å². The van der Waals surface area contributed by atoms with Gasteiger partial charge in [-0.15, -0.1) is 0 Å². The highest BCUT2D eigenvalue weighted by molar-refractivity contribution is 6.25. The smallest absolute Gasteiger partial charge is 0.164 e. The average molecular weight is 631 g/mol. The van der Waals surface area contributed by atoms with Crippen molar-refractivity contribution < 1.29 is 11.3 Å². The molecule has 10 rings (SSSR count). The van der Waals surface area contributed by atoms with Crippen LogP contribution in [0, 0.1) is 0 Å². The highest BCUT2D eigenvalue weighted by Gasteiger charge is 2.16. The van der Waals surface area contributed by atoms with E-state index < -0.39 is 18.1 Å². The Kier molecular flexibility index (Phi) is 5.10. The summed E-state index contributed by atoms with van der Waals surface area (Å²) in [5.41, 5.74) is 4.74. The van der Waals surface area contributed by atoms with Gasteiger partial charge in [0.1, 0.15) is 11.2 Å². The third-order valence-corrected chi connectivity index (χ3v) is 9.20. The Morgan fingerprint density at radius 1 is 0.347 bits per heavy atom. The molecule has 0 saturated heterocycles. The number of nitrogens with zero attached hydrogens (tertiary/aromatic N) is 3. The molecule has 228 valence electrons. The van der Waals surface area contributed by atoms with Crippen LogP contribution in [0.5, 0.6) is 0 Å². The zero-order chi connectivity index (χ0) is 36.7. The predicted molar refractivity (Wildman–Crippen MR) is 201 cm³/mol. The van der Waals surface area contributed by atoms with E-state index in [2.05, 4.69) is 94.9 Å². The SMILES string of the molecule is [2H]c1c([2H])c([2H])c(-c2nc(-c3ccccc3)nc(-c3ccc4c(c3)oc3cc(-c5ccc6c7ccccc7c7ccccc7c6c5)ccc34)n2)c([2H])c1[2H]. The number of hydrogen-bond acceptors (Lipinski definition) is 4. The second-order valence-electron chi connectivity index (χ2n) is 12.0. The van der Waals surface area contributed by atoms with Gasteiger partial charge in [-0.1, -0.05) is 133 Å². The molecule has 0 aliphatic carbocycles. The second-order valence-corrected chi connectivity index (χ2v) is 12.0. The zero-order valence-corrected chi connectivity index (χ0v) is 26.0. The first kappa shape index (κ1) is 22.8. The van der Waals surface area contributed by atoms with Gasteiger partial charge in [-0.2, -0.15) is 0 Å². The van der Waals surface area contributed by atoms with Crippen LogP contribution in [0.4, 0.5) is 0 Å². The lowest BCUT2D eigenvalue weighted by molar-refractivity contribution is 0.669. The molecular weight excluding hydrogens is 599 g/mol. The van der Waals surface area contributed by atoms with E-state index >= 15 is 0 Å². The summed E-state index contributed by atoms with van der Waals surface area (Å²) in [7, 11) is 0. The fourth-order valence-corrected chi connectivity index (χ4v) is 6.88. The molecule has 0 radical (unpaired) electrons. The topological polar surface area (TPSA) is 51.8 Å². The Morgan fingerprint density at radius 2 is 0.796 bits per heavy atom. The van der Waals surface area contributed by atoms with Gasteiger partial charge in [-0.25, -0.2) is 15.0 Å². The van der Waals surface area contributed by atoms with Crippen LogP contribution < -0.4 is 0 Å². The number of aromatic nitrogens is 3. The number of fused-ring (bicyclic) bond motifs is 9. The first-order valence-corrected chi connectivity index (χ1v) is 16.0. The number of hydrogen-bond donors (Lipinski definition) is 0. The molecule has 4 nitrogen and oxygen atoms in total. The van der Waals surface area contributed by atoms with E-state index in [1.54, 1.807) is 0 Å². The molecule has 0 aliphatic heterocycles. The van der Waals surface area contributed by atoms with Gasteiger partial charge in [0, 0.05) is 27.5 Å². The van der Waals surface area contributed by atoms with E-state index in [0.29, 0.717) is 22.5 Å². The van der Waals surface area contributed by atoms with E-state index in [0.717, 1.165) is 27.5 Å². The summed E-state index contributed by atoms with van der Waals surface area (Å²) in [5, 5.41) is 9.24. The highest BCUT2D eigenvalue weighted by Crippen LogP contribution is 2.39. The Bertz CT molecular complexity index is 3120. The van der Waals surface area contributed by atoms with E-state index in [9.17, 15) is 0 Å². The van der Waals surface area contributed by atoms with Gasteiger partial charge in [-0.3, -0.25) is 0 Å². The summed E-state index contributed by atoms with van der Waals surface area (Å²) in [6.07, 6.45) is 0. The molecule has 0 atom stereocenters. The van der Waals surface area contributed by atoms with Gasteiger partial charge in [0.15, 0.2) is 17.5 Å².